The first-order valence-corrected chi connectivity index (χ1v) is 9.75. The maximum atomic E-state index is 15.4. The van der Waals surface area contributed by atoms with Gasteiger partial charge in [0.05, 0.1) is 0 Å². The number of aromatic amines is 1. The lowest BCUT2D eigenvalue weighted by molar-refractivity contribution is -0.203. The highest BCUT2D eigenvalue weighted by atomic mass is 31.1. The standard InChI is InChI=1S/C18H18FN2O8P/c1-11(2)18(25)14(23)17(19,10-27-30(26)29-12-6-4-3-5-7-12)28-15(18)21-9-8-13(22)20-16(21)24/h3-9,14-15,23,25H,1,10H2,2H3/p+1/t14-,15-,17-,18-/m1/s1. The van der Waals surface area contributed by atoms with E-state index in [0.717, 1.165) is 12.3 Å². The molecule has 0 aliphatic carbocycles. The van der Waals surface area contributed by atoms with Gasteiger partial charge in [-0.15, -0.1) is 4.52 Å². The molecule has 1 aliphatic rings. The second kappa shape index (κ2) is 8.21. The highest BCUT2D eigenvalue weighted by Crippen LogP contribution is 2.49. The van der Waals surface area contributed by atoms with Gasteiger partial charge in [0.25, 0.3) is 11.4 Å². The molecule has 160 valence electrons. The highest BCUT2D eigenvalue weighted by molar-refractivity contribution is 7.33. The van der Waals surface area contributed by atoms with Crippen LogP contribution in [0.5, 0.6) is 5.75 Å². The van der Waals surface area contributed by atoms with Gasteiger partial charge >= 0.3 is 13.9 Å². The maximum absolute atomic E-state index is 15.4. The third-order valence-corrected chi connectivity index (χ3v) is 5.29. The van der Waals surface area contributed by atoms with E-state index in [4.69, 9.17) is 13.8 Å². The molecule has 1 fully saturated rings. The summed E-state index contributed by atoms with van der Waals surface area (Å²) in [6, 6.07) is 8.91. The van der Waals surface area contributed by atoms with Gasteiger partial charge in [-0.2, -0.15) is 0 Å². The van der Waals surface area contributed by atoms with Crippen LogP contribution in [-0.2, 0) is 13.8 Å². The molecule has 0 radical (unpaired) electrons. The van der Waals surface area contributed by atoms with Gasteiger partial charge < -0.3 is 14.9 Å². The van der Waals surface area contributed by atoms with Crippen LogP contribution in [0.3, 0.4) is 0 Å². The lowest BCUT2D eigenvalue weighted by atomic mass is 9.87. The fraction of sp³-hybridized carbons (Fsp3) is 0.333. The number of nitrogens with one attached hydrogen (secondary N) is 1. The molecule has 10 nitrogen and oxygen atoms in total. The fourth-order valence-corrected chi connectivity index (χ4v) is 3.60. The van der Waals surface area contributed by atoms with Crippen molar-refractivity contribution >= 4 is 8.25 Å². The predicted octanol–water partition coefficient (Wildman–Crippen LogP) is 1.15. The third-order valence-electron chi connectivity index (χ3n) is 4.59. The first-order valence-electron chi connectivity index (χ1n) is 8.66. The molecule has 1 saturated heterocycles. The van der Waals surface area contributed by atoms with E-state index in [1.54, 1.807) is 18.2 Å². The number of hydrogen-bond acceptors (Lipinski definition) is 8. The summed E-state index contributed by atoms with van der Waals surface area (Å²) in [7, 11) is -2.85. The summed E-state index contributed by atoms with van der Waals surface area (Å²) in [4.78, 5) is 25.3. The molecule has 12 heteroatoms. The Bertz CT molecular complexity index is 1070. The van der Waals surface area contributed by atoms with Gasteiger partial charge in [0.1, 0.15) is 0 Å². The Morgan fingerprint density at radius 3 is 2.63 bits per heavy atom. The van der Waals surface area contributed by atoms with Gasteiger partial charge in [-0.25, -0.2) is 13.7 Å². The van der Waals surface area contributed by atoms with E-state index in [2.05, 4.69) is 6.58 Å². The van der Waals surface area contributed by atoms with Crippen LogP contribution in [0.4, 0.5) is 4.39 Å². The summed E-state index contributed by atoms with van der Waals surface area (Å²) in [6.45, 7) is 3.73. The van der Waals surface area contributed by atoms with E-state index in [0.29, 0.717) is 4.57 Å². The summed E-state index contributed by atoms with van der Waals surface area (Å²) in [5, 5.41) is 21.5. The monoisotopic (exact) mass is 441 g/mol. The normalized spacial score (nSPS) is 28.9. The van der Waals surface area contributed by atoms with Gasteiger partial charge in [0, 0.05) is 16.8 Å². The number of ether oxygens (including phenoxy) is 1. The Balaban J connectivity index is 1.84. The van der Waals surface area contributed by atoms with Crippen LogP contribution < -0.4 is 15.8 Å². The Morgan fingerprint density at radius 1 is 1.37 bits per heavy atom. The second-order valence-corrected chi connectivity index (χ2v) is 7.57. The average molecular weight is 441 g/mol. The van der Waals surface area contributed by atoms with Crippen LogP contribution in [0.2, 0.25) is 0 Å². The minimum atomic E-state index is -3.08. The SMILES string of the molecule is C=C(C)[C@]1(O)[C@H](n2ccc(=O)[nH]c2=O)O[C@](F)(CO[P+](=O)Oc2ccccc2)[C@H]1O. The molecular weight excluding hydrogens is 422 g/mol. The van der Waals surface area contributed by atoms with E-state index < -0.39 is 49.9 Å². The van der Waals surface area contributed by atoms with Gasteiger partial charge in [-0.3, -0.25) is 14.3 Å². The first-order chi connectivity index (χ1) is 14.1. The number of aliphatic hydroxyl groups excluding tert-OH is 1. The lowest BCUT2D eigenvalue weighted by Gasteiger charge is -2.32. The molecular formula is C18H19FN2O8P+. The first kappa shape index (κ1) is 22.0. The number of aliphatic hydroxyl groups is 2. The van der Waals surface area contributed by atoms with Crippen LogP contribution in [0.15, 0.2) is 64.3 Å². The predicted molar refractivity (Wildman–Crippen MR) is 102 cm³/mol. The van der Waals surface area contributed by atoms with Crippen molar-refractivity contribution in [3.8, 4) is 5.75 Å². The summed E-state index contributed by atoms with van der Waals surface area (Å²) in [5.74, 6) is -2.88. The molecule has 2 aromatic rings. The zero-order valence-electron chi connectivity index (χ0n) is 15.7. The topological polar surface area (TPSA) is 140 Å². The molecule has 0 bridgehead atoms. The lowest BCUT2D eigenvalue weighted by Crippen LogP contribution is -2.52. The number of benzene rings is 1. The molecule has 1 aromatic heterocycles. The van der Waals surface area contributed by atoms with Crippen LogP contribution >= 0.6 is 8.25 Å². The molecule has 2 heterocycles. The van der Waals surface area contributed by atoms with Gasteiger partial charge in [0.2, 0.25) is 0 Å². The summed E-state index contributed by atoms with van der Waals surface area (Å²) < 4.78 is 43.1. The molecule has 0 spiro atoms. The number of H-pyrrole nitrogens is 1. The third kappa shape index (κ3) is 3.98. The summed E-state index contributed by atoms with van der Waals surface area (Å²) in [5.41, 5.74) is -4.32. The van der Waals surface area contributed by atoms with Crippen molar-refractivity contribution in [3.63, 3.8) is 0 Å². The van der Waals surface area contributed by atoms with E-state index in [1.807, 2.05) is 4.98 Å². The molecule has 1 aromatic carbocycles. The molecule has 0 amide bonds. The molecule has 3 rings (SSSR count). The number of rotatable bonds is 7. The Labute approximate surface area is 170 Å². The van der Waals surface area contributed by atoms with Crippen molar-refractivity contribution in [3.05, 3.63) is 75.6 Å². The van der Waals surface area contributed by atoms with Crippen LogP contribution in [0, 0.1) is 0 Å². The van der Waals surface area contributed by atoms with E-state index in [1.165, 1.54) is 19.1 Å². The molecule has 1 unspecified atom stereocenters. The number of hydrogen-bond donors (Lipinski definition) is 3. The van der Waals surface area contributed by atoms with Crippen molar-refractivity contribution in [2.45, 2.75) is 30.7 Å². The maximum Gasteiger partial charge on any atom is 0.750 e. The smallest absolute Gasteiger partial charge is 0.383 e. The van der Waals surface area contributed by atoms with Crippen molar-refractivity contribution in [2.24, 2.45) is 0 Å². The molecule has 5 atom stereocenters. The van der Waals surface area contributed by atoms with Crippen LogP contribution in [0.25, 0.3) is 0 Å². The zero-order valence-corrected chi connectivity index (χ0v) is 16.6. The quantitative estimate of drug-likeness (QED) is 0.430. The number of halogens is 1. The Hall–Kier alpha value is -2.69. The van der Waals surface area contributed by atoms with Gasteiger partial charge in [-0.05, 0) is 24.6 Å². The fourth-order valence-electron chi connectivity index (χ4n) is 2.98. The number of aromatic nitrogens is 2. The van der Waals surface area contributed by atoms with Crippen molar-refractivity contribution in [2.75, 3.05) is 6.61 Å². The number of nitrogens with zero attached hydrogens (tertiary/aromatic N) is 1. The molecule has 3 N–H and O–H groups in total. The molecule has 30 heavy (non-hydrogen) atoms. The highest BCUT2D eigenvalue weighted by Gasteiger charge is 2.66. The summed E-state index contributed by atoms with van der Waals surface area (Å²) >= 11 is 0. The van der Waals surface area contributed by atoms with Crippen molar-refractivity contribution in [1.82, 2.24) is 9.55 Å². The van der Waals surface area contributed by atoms with Gasteiger partial charge in [-0.1, -0.05) is 24.8 Å². The van der Waals surface area contributed by atoms with Crippen LogP contribution in [-0.4, -0.2) is 43.9 Å². The number of alkyl halides is 1. The summed E-state index contributed by atoms with van der Waals surface area (Å²) in [6.07, 6.45) is -3.10. The van der Waals surface area contributed by atoms with E-state index in [-0.39, 0.29) is 11.3 Å². The minimum Gasteiger partial charge on any atom is -0.383 e. The van der Waals surface area contributed by atoms with Crippen LogP contribution in [0.1, 0.15) is 13.2 Å². The molecule has 0 saturated carbocycles. The zero-order chi connectivity index (χ0) is 22.1. The van der Waals surface area contributed by atoms with Gasteiger partial charge in [0.15, 0.2) is 30.3 Å². The van der Waals surface area contributed by atoms with E-state index in [9.17, 15) is 24.4 Å². The van der Waals surface area contributed by atoms with E-state index >= 15 is 4.39 Å². The van der Waals surface area contributed by atoms with Crippen molar-refractivity contribution in [1.29, 1.82) is 0 Å². The Kier molecular flexibility index (Phi) is 6.02. The largest absolute Gasteiger partial charge is 0.750 e. The molecule has 1 aliphatic heterocycles. The Morgan fingerprint density at radius 2 is 2.03 bits per heavy atom. The minimum absolute atomic E-state index is 0.123. The average Bonchev–Trinajstić information content (AvgIpc) is 2.90. The van der Waals surface area contributed by atoms with Crippen molar-refractivity contribution < 1.29 is 33.0 Å². The number of para-hydroxylation sites is 1. The second-order valence-electron chi connectivity index (χ2n) is 6.68.